The third-order valence-electron chi connectivity index (χ3n) is 0.980. The molecule has 9 heavy (non-hydrogen) atoms. The van der Waals surface area contributed by atoms with E-state index in [0.29, 0.717) is 0 Å². The van der Waals surface area contributed by atoms with Gasteiger partial charge in [0.2, 0.25) is 12.9 Å². The molecule has 0 aliphatic rings. The quantitative estimate of drug-likeness (QED) is 0.534. The third kappa shape index (κ3) is 4.24. The molecule has 0 spiro atoms. The van der Waals surface area contributed by atoms with E-state index in [9.17, 15) is 17.6 Å². The molecule has 0 saturated carbocycles. The molecule has 0 amide bonds. The van der Waals surface area contributed by atoms with Gasteiger partial charge in [0.25, 0.3) is 0 Å². The van der Waals surface area contributed by atoms with Crippen molar-refractivity contribution in [3.63, 3.8) is 0 Å². The fourth-order valence-electron chi connectivity index (χ4n) is 0.384. The van der Waals surface area contributed by atoms with Crippen LogP contribution in [-0.2, 0) is 0 Å². The molecule has 0 aliphatic carbocycles. The molecule has 0 radical (unpaired) electrons. The molecule has 0 aromatic carbocycles. The minimum absolute atomic E-state index is 0.711. The zero-order chi connectivity index (χ0) is 7.44. The molecule has 1 unspecified atom stereocenters. The number of hydrogen-bond acceptors (Lipinski definition) is 0. The third-order valence-corrected chi connectivity index (χ3v) is 0.980. The lowest BCUT2D eigenvalue weighted by Gasteiger charge is -2.07. The molecular weight excluding hydrogens is 136 g/mol. The minimum Gasteiger partial charge on any atom is -0.211 e. The van der Waals surface area contributed by atoms with Gasteiger partial charge >= 0.3 is 0 Å². The van der Waals surface area contributed by atoms with Gasteiger partial charge in [0.1, 0.15) is 0 Å². The van der Waals surface area contributed by atoms with Gasteiger partial charge in [-0.2, -0.15) is 0 Å². The number of alkyl halides is 4. The van der Waals surface area contributed by atoms with Crippen LogP contribution >= 0.6 is 0 Å². The molecule has 0 saturated heterocycles. The van der Waals surface area contributed by atoms with Crippen LogP contribution in [0.25, 0.3) is 0 Å². The highest BCUT2D eigenvalue weighted by Crippen LogP contribution is 2.16. The van der Waals surface area contributed by atoms with Crippen LogP contribution in [0.2, 0.25) is 0 Å². The summed E-state index contributed by atoms with van der Waals surface area (Å²) >= 11 is 0. The van der Waals surface area contributed by atoms with Crippen molar-refractivity contribution in [3.05, 3.63) is 0 Å². The summed E-state index contributed by atoms with van der Waals surface area (Å²) in [6.07, 6.45) is -5.95. The first-order valence-electron chi connectivity index (χ1n) is 2.60. The molecule has 0 aliphatic heterocycles. The molecule has 1 atom stereocenters. The average molecular weight is 144 g/mol. The maximum atomic E-state index is 11.5. The summed E-state index contributed by atoms with van der Waals surface area (Å²) in [4.78, 5) is 0. The highest BCUT2D eigenvalue weighted by Gasteiger charge is 2.18. The lowest BCUT2D eigenvalue weighted by molar-refractivity contribution is 0.0360. The van der Waals surface area contributed by atoms with Gasteiger partial charge in [0.05, 0.1) is 0 Å². The van der Waals surface area contributed by atoms with Crippen molar-refractivity contribution < 1.29 is 17.6 Å². The van der Waals surface area contributed by atoms with Crippen LogP contribution in [0.4, 0.5) is 17.6 Å². The topological polar surface area (TPSA) is 0 Å². The van der Waals surface area contributed by atoms with Gasteiger partial charge < -0.3 is 0 Å². The van der Waals surface area contributed by atoms with E-state index in [1.807, 2.05) is 0 Å². The second-order valence-corrected chi connectivity index (χ2v) is 1.94. The summed E-state index contributed by atoms with van der Waals surface area (Å²) in [6.45, 7) is 1.11. The highest BCUT2D eigenvalue weighted by molar-refractivity contribution is 4.55. The predicted octanol–water partition coefficient (Wildman–Crippen LogP) is 2.54. The number of rotatable bonds is 3. The summed E-state index contributed by atoms with van der Waals surface area (Å²) in [5.41, 5.74) is 0. The van der Waals surface area contributed by atoms with Crippen LogP contribution in [-0.4, -0.2) is 12.9 Å². The van der Waals surface area contributed by atoms with Crippen molar-refractivity contribution in [2.45, 2.75) is 26.2 Å². The maximum Gasteiger partial charge on any atom is 0.241 e. The maximum absolute atomic E-state index is 11.5. The van der Waals surface area contributed by atoms with Crippen LogP contribution in [0.3, 0.4) is 0 Å². The lowest BCUT2D eigenvalue weighted by Crippen LogP contribution is -2.10. The first-order valence-corrected chi connectivity index (χ1v) is 2.60. The van der Waals surface area contributed by atoms with Crippen LogP contribution in [0.1, 0.15) is 13.3 Å². The van der Waals surface area contributed by atoms with Gasteiger partial charge in [-0.25, -0.2) is 17.6 Å². The van der Waals surface area contributed by atoms with E-state index in [-0.39, 0.29) is 0 Å². The standard InChI is InChI=1S/C5H8F4/c1-3(5(8)9)2-4(6)7/h3-5H,2H2,1H3. The Morgan fingerprint density at radius 2 is 1.56 bits per heavy atom. The van der Waals surface area contributed by atoms with E-state index in [2.05, 4.69) is 0 Å². The molecule has 0 heterocycles. The molecule has 0 bridgehead atoms. The van der Waals surface area contributed by atoms with E-state index >= 15 is 0 Å². The Morgan fingerprint density at radius 1 is 1.11 bits per heavy atom. The SMILES string of the molecule is CC(CC(F)F)C(F)F. The zero-order valence-electron chi connectivity index (χ0n) is 4.95. The summed E-state index contributed by atoms with van der Waals surface area (Å²) in [6, 6.07) is 0. The Labute approximate surface area is 50.9 Å². The van der Waals surface area contributed by atoms with Gasteiger partial charge in [-0.15, -0.1) is 0 Å². The number of hydrogen-bond donors (Lipinski definition) is 0. The van der Waals surface area contributed by atoms with Gasteiger partial charge in [-0.3, -0.25) is 0 Å². The molecule has 0 aromatic rings. The summed E-state index contributed by atoms with van der Waals surface area (Å²) in [5, 5.41) is 0. The second-order valence-electron chi connectivity index (χ2n) is 1.94. The lowest BCUT2D eigenvalue weighted by atomic mass is 10.1. The van der Waals surface area contributed by atoms with Crippen LogP contribution in [0.15, 0.2) is 0 Å². The fourth-order valence-corrected chi connectivity index (χ4v) is 0.384. The van der Waals surface area contributed by atoms with E-state index in [1.54, 1.807) is 0 Å². The van der Waals surface area contributed by atoms with Crippen LogP contribution in [0.5, 0.6) is 0 Å². The van der Waals surface area contributed by atoms with Crippen molar-refractivity contribution >= 4 is 0 Å². The van der Waals surface area contributed by atoms with E-state index in [1.165, 1.54) is 0 Å². The predicted molar refractivity (Wildman–Crippen MR) is 25.8 cm³/mol. The van der Waals surface area contributed by atoms with Crippen molar-refractivity contribution in [2.75, 3.05) is 0 Å². The highest BCUT2D eigenvalue weighted by atomic mass is 19.3. The zero-order valence-corrected chi connectivity index (χ0v) is 4.95. The van der Waals surface area contributed by atoms with Crippen molar-refractivity contribution in [2.24, 2.45) is 5.92 Å². The van der Waals surface area contributed by atoms with Gasteiger partial charge in [-0.1, -0.05) is 6.92 Å². The first-order chi connectivity index (χ1) is 4.04. The largest absolute Gasteiger partial charge is 0.241 e. The summed E-state index contributed by atoms with van der Waals surface area (Å²) in [5.74, 6) is -1.19. The van der Waals surface area contributed by atoms with Crippen molar-refractivity contribution in [3.8, 4) is 0 Å². The van der Waals surface area contributed by atoms with E-state index in [4.69, 9.17) is 0 Å². The Balaban J connectivity index is 3.38. The molecule has 0 rings (SSSR count). The van der Waals surface area contributed by atoms with Crippen molar-refractivity contribution in [1.29, 1.82) is 0 Å². The van der Waals surface area contributed by atoms with Crippen molar-refractivity contribution in [1.82, 2.24) is 0 Å². The number of halogens is 4. The van der Waals surface area contributed by atoms with Gasteiger partial charge in [0, 0.05) is 12.3 Å². The Bertz CT molecular complexity index is 71.4. The van der Waals surface area contributed by atoms with Gasteiger partial charge in [0.15, 0.2) is 0 Å². The monoisotopic (exact) mass is 144 g/mol. The average Bonchev–Trinajstić information content (AvgIpc) is 1.63. The molecule has 0 aromatic heterocycles. The minimum atomic E-state index is -2.63. The van der Waals surface area contributed by atoms with Crippen LogP contribution < -0.4 is 0 Å². The molecule has 0 nitrogen and oxygen atoms in total. The summed E-state index contributed by atoms with van der Waals surface area (Å²) < 4.78 is 45.5. The molecule has 0 N–H and O–H groups in total. The van der Waals surface area contributed by atoms with Gasteiger partial charge in [-0.05, 0) is 0 Å². The molecule has 0 fully saturated rings. The summed E-state index contributed by atoms with van der Waals surface area (Å²) in [7, 11) is 0. The second kappa shape index (κ2) is 3.69. The Hall–Kier alpha value is -0.280. The Kier molecular flexibility index (Phi) is 3.58. The van der Waals surface area contributed by atoms with Crippen LogP contribution in [0, 0.1) is 5.92 Å². The van der Waals surface area contributed by atoms with E-state index < -0.39 is 25.2 Å². The normalized spacial score (nSPS) is 15.0. The van der Waals surface area contributed by atoms with E-state index in [0.717, 1.165) is 6.92 Å². The fraction of sp³-hybridized carbons (Fsp3) is 1.00. The Morgan fingerprint density at radius 3 is 1.67 bits per heavy atom. The molecule has 56 valence electrons. The first kappa shape index (κ1) is 8.72. The smallest absolute Gasteiger partial charge is 0.211 e. The molecule has 4 heteroatoms. The molecular formula is C5H8F4.